The van der Waals surface area contributed by atoms with Gasteiger partial charge in [-0.3, -0.25) is 9.59 Å². The van der Waals surface area contributed by atoms with Crippen LogP contribution in [0.3, 0.4) is 0 Å². The molecule has 1 aliphatic heterocycles. The van der Waals surface area contributed by atoms with Gasteiger partial charge in [0.25, 0.3) is 5.91 Å². The predicted molar refractivity (Wildman–Crippen MR) is 101 cm³/mol. The SMILES string of the molecule is CN(C)C(=O)c1cccc(NC(=O)C2Cc3ccccc3CN2)c1.Cl. The Labute approximate surface area is 153 Å². The van der Waals surface area contributed by atoms with Crippen molar-refractivity contribution in [3.63, 3.8) is 0 Å². The molecule has 0 radical (unpaired) electrons. The van der Waals surface area contributed by atoms with E-state index in [1.807, 2.05) is 12.1 Å². The second-order valence-corrected chi connectivity index (χ2v) is 6.18. The van der Waals surface area contributed by atoms with E-state index in [-0.39, 0.29) is 30.3 Å². The van der Waals surface area contributed by atoms with Gasteiger partial charge < -0.3 is 15.5 Å². The van der Waals surface area contributed by atoms with Crippen LogP contribution in [-0.2, 0) is 17.8 Å². The van der Waals surface area contributed by atoms with E-state index in [0.717, 1.165) is 0 Å². The molecule has 0 aliphatic carbocycles. The molecular formula is C19H22ClN3O2. The van der Waals surface area contributed by atoms with Gasteiger partial charge in [-0.1, -0.05) is 30.3 Å². The van der Waals surface area contributed by atoms with Crippen molar-refractivity contribution in [2.45, 2.75) is 19.0 Å². The van der Waals surface area contributed by atoms with Crippen LogP contribution in [0.4, 0.5) is 5.69 Å². The monoisotopic (exact) mass is 359 g/mol. The van der Waals surface area contributed by atoms with Gasteiger partial charge >= 0.3 is 0 Å². The Morgan fingerprint density at radius 3 is 2.52 bits per heavy atom. The molecule has 0 spiro atoms. The van der Waals surface area contributed by atoms with E-state index >= 15 is 0 Å². The predicted octanol–water partition coefficient (Wildman–Crippen LogP) is 2.46. The molecule has 0 saturated heterocycles. The zero-order valence-corrected chi connectivity index (χ0v) is 15.1. The molecule has 132 valence electrons. The fourth-order valence-corrected chi connectivity index (χ4v) is 2.86. The van der Waals surface area contributed by atoms with Crippen molar-refractivity contribution in [2.75, 3.05) is 19.4 Å². The third-order valence-corrected chi connectivity index (χ3v) is 4.18. The normalized spacial score (nSPS) is 15.5. The molecule has 0 bridgehead atoms. The maximum Gasteiger partial charge on any atom is 0.253 e. The van der Waals surface area contributed by atoms with Crippen LogP contribution in [0.15, 0.2) is 48.5 Å². The third kappa shape index (κ3) is 4.38. The molecule has 6 heteroatoms. The molecule has 1 unspecified atom stereocenters. The summed E-state index contributed by atoms with van der Waals surface area (Å²) in [6.45, 7) is 0.688. The Hall–Kier alpha value is -2.37. The first-order chi connectivity index (χ1) is 11.5. The molecule has 2 aromatic carbocycles. The van der Waals surface area contributed by atoms with Gasteiger partial charge in [0.15, 0.2) is 0 Å². The van der Waals surface area contributed by atoms with Gasteiger partial charge in [-0.2, -0.15) is 0 Å². The van der Waals surface area contributed by atoms with Gasteiger partial charge in [-0.05, 0) is 35.7 Å². The van der Waals surface area contributed by atoms with Crippen molar-refractivity contribution in [3.8, 4) is 0 Å². The number of benzene rings is 2. The number of nitrogens with one attached hydrogen (secondary N) is 2. The summed E-state index contributed by atoms with van der Waals surface area (Å²) in [5.74, 6) is -0.172. The second kappa shape index (κ2) is 8.14. The Morgan fingerprint density at radius 1 is 1.08 bits per heavy atom. The minimum atomic E-state index is -0.270. The number of carbonyl (C=O) groups excluding carboxylic acids is 2. The number of halogens is 1. The van der Waals surface area contributed by atoms with Crippen molar-refractivity contribution in [2.24, 2.45) is 0 Å². The molecule has 5 nitrogen and oxygen atoms in total. The highest BCUT2D eigenvalue weighted by Gasteiger charge is 2.24. The van der Waals surface area contributed by atoms with E-state index < -0.39 is 0 Å². The number of carbonyl (C=O) groups is 2. The van der Waals surface area contributed by atoms with Crippen molar-refractivity contribution in [3.05, 3.63) is 65.2 Å². The molecule has 2 aromatic rings. The fourth-order valence-electron chi connectivity index (χ4n) is 2.86. The minimum Gasteiger partial charge on any atom is -0.345 e. The average molecular weight is 360 g/mol. The molecular weight excluding hydrogens is 338 g/mol. The molecule has 0 fully saturated rings. The van der Waals surface area contributed by atoms with Crippen LogP contribution < -0.4 is 10.6 Å². The highest BCUT2D eigenvalue weighted by Crippen LogP contribution is 2.18. The lowest BCUT2D eigenvalue weighted by Gasteiger charge is -2.25. The topological polar surface area (TPSA) is 61.4 Å². The van der Waals surface area contributed by atoms with Gasteiger partial charge in [-0.25, -0.2) is 0 Å². The molecule has 0 saturated carbocycles. The zero-order chi connectivity index (χ0) is 17.1. The van der Waals surface area contributed by atoms with Crippen LogP contribution >= 0.6 is 12.4 Å². The highest BCUT2D eigenvalue weighted by molar-refractivity contribution is 5.98. The molecule has 0 aromatic heterocycles. The summed E-state index contributed by atoms with van der Waals surface area (Å²) < 4.78 is 0. The van der Waals surface area contributed by atoms with E-state index in [9.17, 15) is 9.59 Å². The molecule has 1 atom stereocenters. The van der Waals surface area contributed by atoms with E-state index in [2.05, 4.69) is 22.8 Å². The second-order valence-electron chi connectivity index (χ2n) is 6.18. The number of anilines is 1. The fraction of sp³-hybridized carbons (Fsp3) is 0.263. The van der Waals surface area contributed by atoms with E-state index in [1.165, 1.54) is 16.0 Å². The summed E-state index contributed by atoms with van der Waals surface area (Å²) in [6.07, 6.45) is 0.665. The number of fused-ring (bicyclic) bond motifs is 1. The van der Waals surface area contributed by atoms with Crippen LogP contribution in [-0.4, -0.2) is 36.9 Å². The largest absolute Gasteiger partial charge is 0.345 e. The summed E-state index contributed by atoms with van der Waals surface area (Å²) in [6, 6.07) is 14.9. The molecule has 3 rings (SSSR count). The number of hydrogen-bond acceptors (Lipinski definition) is 3. The van der Waals surface area contributed by atoms with Crippen LogP contribution in [0.1, 0.15) is 21.5 Å². The Morgan fingerprint density at radius 2 is 1.80 bits per heavy atom. The summed E-state index contributed by atoms with van der Waals surface area (Å²) in [5.41, 5.74) is 3.63. The number of hydrogen-bond donors (Lipinski definition) is 2. The molecule has 2 amide bonds. The van der Waals surface area contributed by atoms with Crippen LogP contribution in [0.5, 0.6) is 0 Å². The van der Waals surface area contributed by atoms with Crippen molar-refractivity contribution >= 4 is 29.9 Å². The van der Waals surface area contributed by atoms with Crippen molar-refractivity contribution in [1.82, 2.24) is 10.2 Å². The summed E-state index contributed by atoms with van der Waals surface area (Å²) in [7, 11) is 3.41. The summed E-state index contributed by atoms with van der Waals surface area (Å²) >= 11 is 0. The quantitative estimate of drug-likeness (QED) is 0.885. The van der Waals surface area contributed by atoms with Crippen LogP contribution in [0.2, 0.25) is 0 Å². The summed E-state index contributed by atoms with van der Waals surface area (Å²) in [5, 5.41) is 6.17. The minimum absolute atomic E-state index is 0. The van der Waals surface area contributed by atoms with Gasteiger partial charge in [0, 0.05) is 31.9 Å². The van der Waals surface area contributed by atoms with Gasteiger partial charge in [-0.15, -0.1) is 12.4 Å². The summed E-state index contributed by atoms with van der Waals surface area (Å²) in [4.78, 5) is 26.1. The average Bonchev–Trinajstić information content (AvgIpc) is 2.60. The number of amides is 2. The van der Waals surface area contributed by atoms with Gasteiger partial charge in [0.05, 0.1) is 6.04 Å². The lowest BCUT2D eigenvalue weighted by atomic mass is 9.95. The zero-order valence-electron chi connectivity index (χ0n) is 14.3. The Kier molecular flexibility index (Phi) is 6.17. The lowest BCUT2D eigenvalue weighted by molar-refractivity contribution is -0.118. The maximum atomic E-state index is 12.5. The smallest absolute Gasteiger partial charge is 0.253 e. The van der Waals surface area contributed by atoms with Gasteiger partial charge in [0.2, 0.25) is 5.91 Å². The molecule has 1 aliphatic rings. The van der Waals surface area contributed by atoms with Crippen LogP contribution in [0, 0.1) is 0 Å². The highest BCUT2D eigenvalue weighted by atomic mass is 35.5. The van der Waals surface area contributed by atoms with Gasteiger partial charge in [0.1, 0.15) is 0 Å². The number of rotatable bonds is 3. The molecule has 2 N–H and O–H groups in total. The Bertz CT molecular complexity index is 777. The Balaban J connectivity index is 0.00000225. The molecule has 1 heterocycles. The number of nitrogens with zero attached hydrogens (tertiary/aromatic N) is 1. The van der Waals surface area contributed by atoms with E-state index in [4.69, 9.17) is 0 Å². The van der Waals surface area contributed by atoms with Crippen molar-refractivity contribution in [1.29, 1.82) is 0 Å². The standard InChI is InChI=1S/C19H21N3O2.ClH/c1-22(2)19(24)14-8-5-9-16(10-14)21-18(23)17-11-13-6-3-4-7-15(13)12-20-17;/h3-10,17,20H,11-12H2,1-2H3,(H,21,23);1H. The van der Waals surface area contributed by atoms with Crippen LogP contribution in [0.25, 0.3) is 0 Å². The first kappa shape index (κ1) is 19.0. The molecule has 25 heavy (non-hydrogen) atoms. The van der Waals surface area contributed by atoms with E-state index in [1.54, 1.807) is 38.4 Å². The first-order valence-corrected chi connectivity index (χ1v) is 7.97. The lowest BCUT2D eigenvalue weighted by Crippen LogP contribution is -2.44. The third-order valence-electron chi connectivity index (χ3n) is 4.18. The maximum absolute atomic E-state index is 12.5. The first-order valence-electron chi connectivity index (χ1n) is 7.97. The van der Waals surface area contributed by atoms with E-state index in [0.29, 0.717) is 24.2 Å². The van der Waals surface area contributed by atoms with Crippen molar-refractivity contribution < 1.29 is 9.59 Å².